The van der Waals surface area contributed by atoms with Gasteiger partial charge in [-0.1, -0.05) is 18.2 Å². The van der Waals surface area contributed by atoms with Gasteiger partial charge in [-0.15, -0.1) is 22.7 Å². The van der Waals surface area contributed by atoms with Gasteiger partial charge >= 0.3 is 5.97 Å². The van der Waals surface area contributed by atoms with Crippen LogP contribution in [0, 0.1) is 5.92 Å². The second-order valence-electron chi connectivity index (χ2n) is 6.32. The zero-order chi connectivity index (χ0) is 18.9. The van der Waals surface area contributed by atoms with E-state index in [1.807, 2.05) is 24.3 Å². The van der Waals surface area contributed by atoms with Crippen molar-refractivity contribution in [2.24, 2.45) is 5.92 Å². The zero-order valence-corrected chi connectivity index (χ0v) is 16.9. The molecule has 1 atom stereocenters. The van der Waals surface area contributed by atoms with Gasteiger partial charge in [-0.2, -0.15) is 4.31 Å². The highest BCUT2D eigenvalue weighted by Gasteiger charge is 2.34. The molecule has 0 spiro atoms. The maximum Gasteiger partial charge on any atom is 0.310 e. The molecule has 1 aliphatic rings. The van der Waals surface area contributed by atoms with Gasteiger partial charge < -0.3 is 4.74 Å². The van der Waals surface area contributed by atoms with Gasteiger partial charge in [0, 0.05) is 13.1 Å². The largest absolute Gasteiger partial charge is 0.458 e. The van der Waals surface area contributed by atoms with Crippen molar-refractivity contribution in [2.45, 2.75) is 23.7 Å². The predicted octanol–water partition coefficient (Wildman–Crippen LogP) is 3.50. The number of ether oxygens (including phenoxy) is 1. The third-order valence-corrected chi connectivity index (χ3v) is 8.73. The average molecular weight is 423 g/mol. The lowest BCUT2D eigenvalue weighted by molar-refractivity contribution is -0.151. The van der Waals surface area contributed by atoms with Crippen LogP contribution in [0.25, 0.3) is 10.2 Å². The van der Waals surface area contributed by atoms with Crippen molar-refractivity contribution in [3.8, 4) is 0 Å². The molecule has 2 aromatic heterocycles. The lowest BCUT2D eigenvalue weighted by Gasteiger charge is -2.30. The Morgan fingerprint density at radius 3 is 2.89 bits per heavy atom. The molecule has 0 amide bonds. The molecular weight excluding hydrogens is 404 g/mol. The number of carbonyl (C=O) groups excluding carboxylic acids is 1. The number of thiazole rings is 1. The molecule has 0 radical (unpaired) electrons. The highest BCUT2D eigenvalue weighted by molar-refractivity contribution is 7.91. The zero-order valence-electron chi connectivity index (χ0n) is 14.4. The summed E-state index contributed by atoms with van der Waals surface area (Å²) in [5.74, 6) is -0.803. The number of rotatable bonds is 5. The minimum Gasteiger partial charge on any atom is -0.458 e. The van der Waals surface area contributed by atoms with Gasteiger partial charge in [0.25, 0.3) is 10.0 Å². The molecule has 1 saturated heterocycles. The van der Waals surface area contributed by atoms with Gasteiger partial charge in [-0.3, -0.25) is 4.79 Å². The van der Waals surface area contributed by atoms with E-state index in [0.717, 1.165) is 15.2 Å². The summed E-state index contributed by atoms with van der Waals surface area (Å²) in [4.78, 5) is 16.9. The summed E-state index contributed by atoms with van der Waals surface area (Å²) in [6, 6.07) is 11.1. The molecular formula is C18H18N2O4S3. The Hall–Kier alpha value is -1.81. The summed E-state index contributed by atoms with van der Waals surface area (Å²) < 4.78 is 33.5. The summed E-state index contributed by atoms with van der Waals surface area (Å²) in [6.45, 7) is 0.715. The van der Waals surface area contributed by atoms with E-state index in [4.69, 9.17) is 4.74 Å². The lowest BCUT2D eigenvalue weighted by atomic mass is 10.0. The topological polar surface area (TPSA) is 76.6 Å². The Morgan fingerprint density at radius 2 is 2.11 bits per heavy atom. The maximum absolute atomic E-state index is 12.7. The van der Waals surface area contributed by atoms with Crippen molar-refractivity contribution in [2.75, 3.05) is 13.1 Å². The second-order valence-corrected chi connectivity index (χ2v) is 10.5. The van der Waals surface area contributed by atoms with Crippen molar-refractivity contribution in [3.63, 3.8) is 0 Å². The Kier molecular flexibility index (Phi) is 5.27. The molecule has 9 heteroatoms. The monoisotopic (exact) mass is 422 g/mol. The number of nitrogens with zero attached hydrogens (tertiary/aromatic N) is 2. The first-order valence-electron chi connectivity index (χ1n) is 8.59. The van der Waals surface area contributed by atoms with Crippen molar-refractivity contribution in [1.29, 1.82) is 0 Å². The Morgan fingerprint density at radius 1 is 1.26 bits per heavy atom. The van der Waals surface area contributed by atoms with E-state index >= 15 is 0 Å². The van der Waals surface area contributed by atoms with Crippen molar-refractivity contribution in [3.05, 3.63) is 46.8 Å². The SMILES string of the molecule is O=C(OCc1nc2ccccc2s1)[C@H]1CCCN(S(=O)(=O)c2cccs2)C1. The predicted molar refractivity (Wildman–Crippen MR) is 105 cm³/mol. The Bertz CT molecular complexity index is 1010. The van der Waals surface area contributed by atoms with Crippen LogP contribution in [0.1, 0.15) is 17.8 Å². The van der Waals surface area contributed by atoms with Crippen molar-refractivity contribution in [1.82, 2.24) is 9.29 Å². The van der Waals surface area contributed by atoms with Crippen LogP contribution < -0.4 is 0 Å². The summed E-state index contributed by atoms with van der Waals surface area (Å²) in [5.41, 5.74) is 0.888. The van der Waals surface area contributed by atoms with Crippen LogP contribution >= 0.6 is 22.7 Å². The molecule has 6 nitrogen and oxygen atoms in total. The molecule has 4 rings (SSSR count). The van der Waals surface area contributed by atoms with E-state index in [-0.39, 0.29) is 19.1 Å². The number of carbonyl (C=O) groups is 1. The number of hydrogen-bond acceptors (Lipinski definition) is 7. The van der Waals surface area contributed by atoms with E-state index in [9.17, 15) is 13.2 Å². The van der Waals surface area contributed by atoms with Crippen LogP contribution in [0.4, 0.5) is 0 Å². The molecule has 0 saturated carbocycles. The molecule has 3 aromatic rings. The number of benzene rings is 1. The molecule has 0 unspecified atom stereocenters. The quantitative estimate of drug-likeness (QED) is 0.588. The minimum absolute atomic E-state index is 0.117. The number of sulfonamides is 1. The molecule has 0 bridgehead atoms. The molecule has 27 heavy (non-hydrogen) atoms. The first kappa shape index (κ1) is 18.5. The number of thiophene rings is 1. The highest BCUT2D eigenvalue weighted by Crippen LogP contribution is 2.27. The van der Waals surface area contributed by atoms with E-state index in [1.165, 1.54) is 27.0 Å². The normalized spacial score (nSPS) is 18.6. The van der Waals surface area contributed by atoms with Crippen LogP contribution in [-0.4, -0.2) is 36.8 Å². The smallest absolute Gasteiger partial charge is 0.310 e. The summed E-state index contributed by atoms with van der Waals surface area (Å²) in [7, 11) is -3.54. The van der Waals surface area contributed by atoms with Gasteiger partial charge in [-0.05, 0) is 36.4 Å². The molecule has 142 valence electrons. The number of fused-ring (bicyclic) bond motifs is 1. The molecule has 0 N–H and O–H groups in total. The fourth-order valence-electron chi connectivity index (χ4n) is 3.12. The second kappa shape index (κ2) is 7.67. The Labute approximate surface area is 165 Å². The fraction of sp³-hybridized carbons (Fsp3) is 0.333. The van der Waals surface area contributed by atoms with Gasteiger partial charge in [-0.25, -0.2) is 13.4 Å². The van der Waals surface area contributed by atoms with Crippen molar-refractivity contribution >= 4 is 48.9 Å². The van der Waals surface area contributed by atoms with Crippen LogP contribution in [-0.2, 0) is 26.2 Å². The fourth-order valence-corrected chi connectivity index (χ4v) is 6.67. The van der Waals surface area contributed by atoms with E-state index in [2.05, 4.69) is 4.98 Å². The molecule has 3 heterocycles. The lowest BCUT2D eigenvalue weighted by Crippen LogP contribution is -2.42. The van der Waals surface area contributed by atoms with Gasteiger partial charge in [0.15, 0.2) is 0 Å². The maximum atomic E-state index is 12.7. The number of piperidine rings is 1. The van der Waals surface area contributed by atoms with Gasteiger partial charge in [0.05, 0.1) is 16.1 Å². The van der Waals surface area contributed by atoms with Crippen LogP contribution in [0.5, 0.6) is 0 Å². The van der Waals surface area contributed by atoms with Gasteiger partial charge in [0.1, 0.15) is 15.8 Å². The van der Waals surface area contributed by atoms with Crippen LogP contribution in [0.2, 0.25) is 0 Å². The van der Waals surface area contributed by atoms with E-state index in [1.54, 1.807) is 17.5 Å². The van der Waals surface area contributed by atoms with Gasteiger partial charge in [0.2, 0.25) is 0 Å². The first-order valence-corrected chi connectivity index (χ1v) is 11.7. The third kappa shape index (κ3) is 3.91. The summed E-state index contributed by atoms with van der Waals surface area (Å²) in [5, 5.41) is 2.48. The Balaban J connectivity index is 1.40. The number of hydrogen-bond donors (Lipinski definition) is 0. The van der Waals surface area contributed by atoms with E-state index in [0.29, 0.717) is 23.6 Å². The van der Waals surface area contributed by atoms with Crippen molar-refractivity contribution < 1.29 is 17.9 Å². The molecule has 1 aromatic carbocycles. The molecule has 1 aliphatic heterocycles. The summed E-state index contributed by atoms with van der Waals surface area (Å²) >= 11 is 2.69. The number of aromatic nitrogens is 1. The van der Waals surface area contributed by atoms with E-state index < -0.39 is 15.9 Å². The third-order valence-electron chi connectivity index (χ3n) is 4.48. The minimum atomic E-state index is -3.54. The highest BCUT2D eigenvalue weighted by atomic mass is 32.2. The number of para-hydroxylation sites is 1. The summed E-state index contributed by atoms with van der Waals surface area (Å²) in [6.07, 6.45) is 1.28. The average Bonchev–Trinajstić information content (AvgIpc) is 3.36. The number of esters is 1. The molecule has 0 aliphatic carbocycles. The molecule has 1 fully saturated rings. The van der Waals surface area contributed by atoms with Crippen LogP contribution in [0.3, 0.4) is 0 Å². The standard InChI is InChI=1S/C18H18N2O4S3/c21-18(24-12-16-19-14-6-1-2-7-15(14)26-16)13-5-3-9-20(11-13)27(22,23)17-8-4-10-25-17/h1-2,4,6-8,10,13H,3,5,9,11-12H2/t13-/m0/s1. The van der Waals surface area contributed by atoms with Crippen LogP contribution in [0.15, 0.2) is 46.0 Å². The first-order chi connectivity index (χ1) is 13.0.